The van der Waals surface area contributed by atoms with E-state index in [1.165, 1.54) is 16.7 Å². The van der Waals surface area contributed by atoms with Gasteiger partial charge in [-0.25, -0.2) is 0 Å². The minimum atomic E-state index is -0.287. The number of hydrogen-bond acceptors (Lipinski definition) is 2. The molecular weight excluding hydrogens is 212 g/mol. The number of allylic oxidation sites excluding steroid dienone is 1. The summed E-state index contributed by atoms with van der Waals surface area (Å²) in [5, 5.41) is 9.85. The van der Waals surface area contributed by atoms with E-state index in [-0.39, 0.29) is 6.10 Å². The summed E-state index contributed by atoms with van der Waals surface area (Å²) in [5.41, 5.74) is 3.76. The highest BCUT2D eigenvalue weighted by molar-refractivity contribution is 5.73. The Bertz CT molecular complexity index is 448. The molecule has 2 nitrogen and oxygen atoms in total. The van der Waals surface area contributed by atoms with Crippen LogP contribution in [0.5, 0.6) is 5.75 Å². The van der Waals surface area contributed by atoms with E-state index in [2.05, 4.69) is 18.2 Å². The van der Waals surface area contributed by atoms with Gasteiger partial charge in [0.25, 0.3) is 0 Å². The van der Waals surface area contributed by atoms with E-state index in [1.54, 1.807) is 0 Å². The molecule has 1 heterocycles. The van der Waals surface area contributed by atoms with Crippen molar-refractivity contribution in [2.45, 2.75) is 38.2 Å². The van der Waals surface area contributed by atoms with Gasteiger partial charge in [0.2, 0.25) is 0 Å². The molecule has 2 heteroatoms. The van der Waals surface area contributed by atoms with E-state index in [9.17, 15) is 5.11 Å². The maximum absolute atomic E-state index is 9.85. The van der Waals surface area contributed by atoms with Crippen LogP contribution in [0, 0.1) is 0 Å². The van der Waals surface area contributed by atoms with E-state index in [4.69, 9.17) is 4.74 Å². The molecule has 0 radical (unpaired) electrons. The molecule has 1 N–H and O–H groups in total. The highest BCUT2D eigenvalue weighted by Gasteiger charge is 2.19. The summed E-state index contributed by atoms with van der Waals surface area (Å²) in [4.78, 5) is 0. The number of para-hydroxylation sites is 1. The third-order valence-corrected chi connectivity index (χ3v) is 3.65. The van der Waals surface area contributed by atoms with Gasteiger partial charge < -0.3 is 9.84 Å². The molecule has 1 aliphatic heterocycles. The van der Waals surface area contributed by atoms with Crippen molar-refractivity contribution in [3.63, 3.8) is 0 Å². The molecule has 3 rings (SSSR count). The van der Waals surface area contributed by atoms with Crippen molar-refractivity contribution < 1.29 is 9.84 Å². The van der Waals surface area contributed by atoms with Crippen LogP contribution in [0.25, 0.3) is 5.57 Å². The highest BCUT2D eigenvalue weighted by atomic mass is 16.5. The zero-order chi connectivity index (χ0) is 11.7. The second-order valence-electron chi connectivity index (χ2n) is 4.90. The Morgan fingerprint density at radius 1 is 1.18 bits per heavy atom. The van der Waals surface area contributed by atoms with Gasteiger partial charge >= 0.3 is 0 Å². The van der Waals surface area contributed by atoms with Crippen molar-refractivity contribution >= 4 is 5.57 Å². The topological polar surface area (TPSA) is 29.5 Å². The fraction of sp³-hybridized carbons (Fsp3) is 0.467. The third-order valence-electron chi connectivity index (χ3n) is 3.65. The Hall–Kier alpha value is -1.28. The van der Waals surface area contributed by atoms with Gasteiger partial charge in [0.15, 0.2) is 0 Å². The smallest absolute Gasteiger partial charge is 0.130 e. The molecule has 0 amide bonds. The monoisotopic (exact) mass is 230 g/mol. The predicted molar refractivity (Wildman–Crippen MR) is 68.1 cm³/mol. The van der Waals surface area contributed by atoms with Crippen molar-refractivity contribution in [2.75, 3.05) is 6.61 Å². The van der Waals surface area contributed by atoms with E-state index >= 15 is 0 Å². The summed E-state index contributed by atoms with van der Waals surface area (Å²) in [6, 6.07) is 6.36. The molecule has 0 saturated heterocycles. The van der Waals surface area contributed by atoms with Crippen LogP contribution in [0.2, 0.25) is 0 Å². The van der Waals surface area contributed by atoms with E-state index in [0.29, 0.717) is 0 Å². The molecule has 90 valence electrons. The predicted octanol–water partition coefficient (Wildman–Crippen LogP) is 2.94. The van der Waals surface area contributed by atoms with Crippen molar-refractivity contribution in [1.29, 1.82) is 0 Å². The average Bonchev–Trinajstić information content (AvgIpc) is 2.71. The maximum Gasteiger partial charge on any atom is 0.130 e. The first-order chi connectivity index (χ1) is 8.34. The molecule has 0 fully saturated rings. The van der Waals surface area contributed by atoms with Crippen LogP contribution in [-0.4, -0.2) is 17.8 Å². The Balaban J connectivity index is 2.01. The first kappa shape index (κ1) is 10.8. The van der Waals surface area contributed by atoms with Crippen LogP contribution < -0.4 is 4.74 Å². The number of rotatable bonds is 1. The number of hydrogen-bond donors (Lipinski definition) is 1. The molecule has 17 heavy (non-hydrogen) atoms. The second-order valence-corrected chi connectivity index (χ2v) is 4.90. The Morgan fingerprint density at radius 3 is 3.06 bits per heavy atom. The first-order valence-corrected chi connectivity index (χ1v) is 6.48. The summed E-state index contributed by atoms with van der Waals surface area (Å²) >= 11 is 0. The first-order valence-electron chi connectivity index (χ1n) is 6.48. The largest absolute Gasteiger partial charge is 0.492 e. The third kappa shape index (κ3) is 2.09. The quantitative estimate of drug-likeness (QED) is 0.803. The fourth-order valence-electron chi connectivity index (χ4n) is 2.76. The molecule has 0 aromatic heterocycles. The summed E-state index contributed by atoms with van der Waals surface area (Å²) < 4.78 is 5.74. The molecule has 2 aliphatic rings. The van der Waals surface area contributed by atoms with Crippen LogP contribution in [0.3, 0.4) is 0 Å². The number of ether oxygens (including phenoxy) is 1. The SMILES string of the molecule is OC1C=C(c2cccc3c2OCC3)CCCC1. The average molecular weight is 230 g/mol. The van der Waals surface area contributed by atoms with Crippen molar-refractivity contribution in [3.8, 4) is 5.75 Å². The molecule has 1 aliphatic carbocycles. The standard InChI is InChI=1S/C15H18O2/c16-13-6-2-1-4-12(10-13)14-7-3-5-11-8-9-17-15(11)14/h3,5,7,10,13,16H,1-2,4,6,8-9H2. The van der Waals surface area contributed by atoms with Gasteiger partial charge in [-0.15, -0.1) is 0 Å². The van der Waals surface area contributed by atoms with Crippen LogP contribution in [0.4, 0.5) is 0 Å². The van der Waals surface area contributed by atoms with Crippen LogP contribution in [-0.2, 0) is 6.42 Å². The summed E-state index contributed by atoms with van der Waals surface area (Å²) in [5.74, 6) is 1.05. The highest BCUT2D eigenvalue weighted by Crippen LogP contribution is 2.37. The summed E-state index contributed by atoms with van der Waals surface area (Å²) in [7, 11) is 0. The molecular formula is C15H18O2. The Morgan fingerprint density at radius 2 is 2.12 bits per heavy atom. The molecule has 0 bridgehead atoms. The van der Waals surface area contributed by atoms with Gasteiger partial charge in [-0.1, -0.05) is 30.7 Å². The lowest BCUT2D eigenvalue weighted by Gasteiger charge is -2.11. The van der Waals surface area contributed by atoms with Gasteiger partial charge in [-0.2, -0.15) is 0 Å². The number of aliphatic hydroxyl groups is 1. The molecule has 1 atom stereocenters. The number of aliphatic hydroxyl groups excluding tert-OH is 1. The van der Waals surface area contributed by atoms with Crippen molar-refractivity contribution in [3.05, 3.63) is 35.4 Å². The molecule has 1 unspecified atom stereocenters. The lowest BCUT2D eigenvalue weighted by Crippen LogP contribution is -2.00. The van der Waals surface area contributed by atoms with Crippen LogP contribution in [0.1, 0.15) is 36.8 Å². The fourth-order valence-corrected chi connectivity index (χ4v) is 2.76. The van der Waals surface area contributed by atoms with Crippen LogP contribution in [0.15, 0.2) is 24.3 Å². The zero-order valence-electron chi connectivity index (χ0n) is 9.98. The van der Waals surface area contributed by atoms with Crippen molar-refractivity contribution in [2.24, 2.45) is 0 Å². The lowest BCUT2D eigenvalue weighted by atomic mass is 9.97. The van der Waals surface area contributed by atoms with E-state index in [0.717, 1.165) is 44.5 Å². The molecule has 1 aromatic rings. The van der Waals surface area contributed by atoms with Crippen molar-refractivity contribution in [1.82, 2.24) is 0 Å². The summed E-state index contributed by atoms with van der Waals surface area (Å²) in [6.45, 7) is 0.794. The molecule has 1 aromatic carbocycles. The zero-order valence-corrected chi connectivity index (χ0v) is 9.98. The molecule has 0 spiro atoms. The number of fused-ring (bicyclic) bond motifs is 1. The Kier molecular flexibility index (Phi) is 2.89. The van der Waals surface area contributed by atoms with Gasteiger partial charge in [0, 0.05) is 12.0 Å². The summed E-state index contributed by atoms with van der Waals surface area (Å²) in [6.07, 6.45) is 6.95. The number of benzene rings is 1. The van der Waals surface area contributed by atoms with Gasteiger partial charge in [0.05, 0.1) is 12.7 Å². The minimum Gasteiger partial charge on any atom is -0.492 e. The maximum atomic E-state index is 9.85. The minimum absolute atomic E-state index is 0.287. The second kappa shape index (κ2) is 4.53. The van der Waals surface area contributed by atoms with E-state index in [1.807, 2.05) is 6.08 Å². The molecule has 0 saturated carbocycles. The van der Waals surface area contributed by atoms with E-state index < -0.39 is 0 Å². The van der Waals surface area contributed by atoms with Gasteiger partial charge in [0.1, 0.15) is 5.75 Å². The van der Waals surface area contributed by atoms with Gasteiger partial charge in [-0.3, -0.25) is 0 Å². The van der Waals surface area contributed by atoms with Crippen LogP contribution >= 0.6 is 0 Å². The lowest BCUT2D eigenvalue weighted by molar-refractivity contribution is 0.211. The van der Waals surface area contributed by atoms with Gasteiger partial charge in [-0.05, 0) is 30.4 Å². The Labute approximate surface area is 102 Å². The normalized spacial score (nSPS) is 23.6.